The maximum Gasteiger partial charge on any atom is 0.201 e. The average Bonchev–Trinajstić information content (AvgIpc) is 2.06. The van der Waals surface area contributed by atoms with E-state index in [0.29, 0.717) is 31.2 Å². The van der Waals surface area contributed by atoms with Gasteiger partial charge in [0, 0.05) is 12.8 Å². The van der Waals surface area contributed by atoms with Crippen molar-refractivity contribution in [2.75, 3.05) is 20.0 Å². The molecule has 1 aliphatic heterocycles. The molecule has 0 amide bonds. The number of hydrogen-bond acceptors (Lipinski definition) is 4. The molecule has 84 valence electrons. The Balaban J connectivity index is 2.25. The van der Waals surface area contributed by atoms with Crippen LogP contribution in [0, 0.1) is 5.41 Å². The van der Waals surface area contributed by atoms with Gasteiger partial charge in [-0.15, -0.1) is 0 Å². The van der Waals surface area contributed by atoms with E-state index in [-0.39, 0.29) is 18.0 Å². The lowest BCUT2D eigenvalue weighted by atomic mass is 9.79. The second kappa shape index (κ2) is 3.85. The fraction of sp³-hybridized carbons (Fsp3) is 0.727. The maximum absolute atomic E-state index is 11.8. The number of carbonyl (C=O) groups excluding carboxylic acids is 1. The highest BCUT2D eigenvalue weighted by atomic mass is 16.7. The van der Waals surface area contributed by atoms with Crippen LogP contribution in [0.25, 0.3) is 0 Å². The van der Waals surface area contributed by atoms with Gasteiger partial charge in [0.1, 0.15) is 12.4 Å². The molecule has 0 spiro atoms. The quantitative estimate of drug-likeness (QED) is 0.612. The number of Topliss-reactive ketones (excluding diaryl/α,β-unsaturated/α-hetero) is 1. The van der Waals surface area contributed by atoms with Gasteiger partial charge in [0.25, 0.3) is 0 Å². The van der Waals surface area contributed by atoms with Gasteiger partial charge in [-0.2, -0.15) is 0 Å². The summed E-state index contributed by atoms with van der Waals surface area (Å²) in [5.74, 6) is 1.11. The topological polar surface area (TPSA) is 44.8 Å². The molecule has 0 radical (unpaired) electrons. The number of hydrogen-bond donors (Lipinski definition) is 0. The standard InChI is InChI=1S/C11H16O4/c1-11(2)5-8(12)10-9(6-11)15-7-13-3-4-14-10/h3-7H2,1-2H3. The highest BCUT2D eigenvalue weighted by Gasteiger charge is 2.35. The summed E-state index contributed by atoms with van der Waals surface area (Å²) in [7, 11) is 0. The molecule has 0 unspecified atom stereocenters. The van der Waals surface area contributed by atoms with Gasteiger partial charge in [-0.25, -0.2) is 0 Å². The van der Waals surface area contributed by atoms with E-state index < -0.39 is 0 Å². The lowest BCUT2D eigenvalue weighted by Gasteiger charge is -2.32. The lowest BCUT2D eigenvalue weighted by Crippen LogP contribution is -2.30. The Kier molecular flexibility index (Phi) is 2.69. The zero-order valence-electron chi connectivity index (χ0n) is 9.17. The first-order valence-electron chi connectivity index (χ1n) is 5.18. The number of rotatable bonds is 0. The summed E-state index contributed by atoms with van der Waals surface area (Å²) < 4.78 is 15.9. The minimum Gasteiger partial charge on any atom is -0.484 e. The van der Waals surface area contributed by atoms with Gasteiger partial charge in [0.2, 0.25) is 5.78 Å². The van der Waals surface area contributed by atoms with Gasteiger partial charge in [0.05, 0.1) is 6.61 Å². The molecule has 1 aliphatic carbocycles. The van der Waals surface area contributed by atoms with Crippen molar-refractivity contribution in [3.8, 4) is 0 Å². The van der Waals surface area contributed by atoms with Gasteiger partial charge >= 0.3 is 0 Å². The van der Waals surface area contributed by atoms with E-state index in [1.165, 1.54) is 0 Å². The first-order chi connectivity index (χ1) is 7.08. The van der Waals surface area contributed by atoms with Crippen LogP contribution in [0.1, 0.15) is 26.7 Å². The molecule has 2 aliphatic rings. The van der Waals surface area contributed by atoms with Crippen molar-refractivity contribution >= 4 is 5.78 Å². The molecule has 0 saturated carbocycles. The first-order valence-corrected chi connectivity index (χ1v) is 5.18. The van der Waals surface area contributed by atoms with Crippen molar-refractivity contribution in [3.05, 3.63) is 11.5 Å². The van der Waals surface area contributed by atoms with Crippen molar-refractivity contribution in [2.24, 2.45) is 5.41 Å². The Labute approximate surface area is 89.2 Å². The molecule has 4 nitrogen and oxygen atoms in total. The zero-order valence-corrected chi connectivity index (χ0v) is 9.17. The Morgan fingerprint density at radius 3 is 2.73 bits per heavy atom. The van der Waals surface area contributed by atoms with E-state index in [2.05, 4.69) is 13.8 Å². The molecule has 0 bridgehead atoms. The summed E-state index contributed by atoms with van der Waals surface area (Å²) in [6.07, 6.45) is 1.26. The molecule has 0 atom stereocenters. The van der Waals surface area contributed by atoms with Crippen molar-refractivity contribution in [3.63, 3.8) is 0 Å². The predicted octanol–water partition coefficient (Wildman–Crippen LogP) is 1.61. The molecule has 0 saturated heterocycles. The minimum absolute atomic E-state index is 0.0432. The van der Waals surface area contributed by atoms with Crippen molar-refractivity contribution in [2.45, 2.75) is 26.7 Å². The number of allylic oxidation sites excluding steroid dienone is 2. The molecule has 0 aromatic carbocycles. The van der Waals surface area contributed by atoms with Gasteiger partial charge in [-0.05, 0) is 5.41 Å². The van der Waals surface area contributed by atoms with E-state index in [0.717, 1.165) is 6.42 Å². The highest BCUT2D eigenvalue weighted by molar-refractivity contribution is 5.95. The fourth-order valence-corrected chi connectivity index (χ4v) is 1.90. The van der Waals surface area contributed by atoms with Crippen LogP contribution in [0.4, 0.5) is 0 Å². The van der Waals surface area contributed by atoms with Gasteiger partial charge in [-0.3, -0.25) is 4.79 Å². The summed E-state index contributed by atoms with van der Waals surface area (Å²) in [5, 5.41) is 0. The van der Waals surface area contributed by atoms with Crippen molar-refractivity contribution in [1.82, 2.24) is 0 Å². The van der Waals surface area contributed by atoms with Gasteiger partial charge in [-0.1, -0.05) is 13.8 Å². The summed E-state index contributed by atoms with van der Waals surface area (Å²) in [6.45, 7) is 5.21. The van der Waals surface area contributed by atoms with Crippen LogP contribution in [0.3, 0.4) is 0 Å². The summed E-state index contributed by atoms with van der Waals surface area (Å²) in [4.78, 5) is 11.8. The smallest absolute Gasteiger partial charge is 0.201 e. The predicted molar refractivity (Wildman–Crippen MR) is 52.9 cm³/mol. The maximum atomic E-state index is 11.8. The van der Waals surface area contributed by atoms with Crippen LogP contribution in [0.15, 0.2) is 11.5 Å². The molecule has 2 rings (SSSR count). The third-order valence-corrected chi connectivity index (χ3v) is 2.58. The molecular formula is C11H16O4. The second-order valence-electron chi connectivity index (χ2n) is 4.71. The molecule has 0 aromatic heterocycles. The van der Waals surface area contributed by atoms with E-state index in [9.17, 15) is 4.79 Å². The van der Waals surface area contributed by atoms with Crippen molar-refractivity contribution < 1.29 is 19.0 Å². The number of ether oxygens (including phenoxy) is 3. The fourth-order valence-electron chi connectivity index (χ4n) is 1.90. The summed E-state index contributed by atoms with van der Waals surface area (Å²) in [5.41, 5.74) is -0.0432. The van der Waals surface area contributed by atoms with Gasteiger partial charge in [0.15, 0.2) is 12.6 Å². The van der Waals surface area contributed by atoms with E-state index >= 15 is 0 Å². The Hall–Kier alpha value is -1.03. The molecule has 0 N–H and O–H groups in total. The Morgan fingerprint density at radius 2 is 1.93 bits per heavy atom. The van der Waals surface area contributed by atoms with E-state index in [1.807, 2.05) is 0 Å². The number of ketones is 1. The van der Waals surface area contributed by atoms with E-state index in [4.69, 9.17) is 14.2 Å². The normalized spacial score (nSPS) is 25.9. The molecule has 15 heavy (non-hydrogen) atoms. The van der Waals surface area contributed by atoms with Crippen molar-refractivity contribution in [1.29, 1.82) is 0 Å². The molecule has 1 heterocycles. The SMILES string of the molecule is CC1(C)CC(=O)C2=C(C1)OCOCCO2. The lowest BCUT2D eigenvalue weighted by molar-refractivity contribution is -0.127. The summed E-state index contributed by atoms with van der Waals surface area (Å²) in [6, 6.07) is 0. The molecule has 4 heteroatoms. The third-order valence-electron chi connectivity index (χ3n) is 2.58. The van der Waals surface area contributed by atoms with Crippen LogP contribution in [0.2, 0.25) is 0 Å². The molecule has 0 fully saturated rings. The van der Waals surface area contributed by atoms with Crippen LogP contribution in [-0.2, 0) is 19.0 Å². The van der Waals surface area contributed by atoms with Crippen LogP contribution in [-0.4, -0.2) is 25.8 Å². The van der Waals surface area contributed by atoms with Crippen LogP contribution < -0.4 is 0 Å². The third kappa shape index (κ3) is 2.31. The largest absolute Gasteiger partial charge is 0.484 e. The Morgan fingerprint density at radius 1 is 1.13 bits per heavy atom. The zero-order chi connectivity index (χ0) is 10.9. The first kappa shape index (κ1) is 10.5. The monoisotopic (exact) mass is 212 g/mol. The molecular weight excluding hydrogens is 196 g/mol. The van der Waals surface area contributed by atoms with Gasteiger partial charge < -0.3 is 14.2 Å². The van der Waals surface area contributed by atoms with Crippen LogP contribution in [0.5, 0.6) is 0 Å². The number of carbonyl (C=O) groups is 1. The summed E-state index contributed by atoms with van der Waals surface area (Å²) >= 11 is 0. The average molecular weight is 212 g/mol. The minimum atomic E-state index is -0.0432. The van der Waals surface area contributed by atoms with E-state index in [1.54, 1.807) is 0 Å². The highest BCUT2D eigenvalue weighted by Crippen LogP contribution is 2.37. The Bertz CT molecular complexity index is 304. The second-order valence-corrected chi connectivity index (χ2v) is 4.71. The molecule has 0 aromatic rings. The van der Waals surface area contributed by atoms with Crippen LogP contribution >= 0.6 is 0 Å².